The average molecular weight is 411 g/mol. The number of hydrogen-bond donors (Lipinski definition) is 0. The van der Waals surface area contributed by atoms with Gasteiger partial charge in [0.1, 0.15) is 11.1 Å². The van der Waals surface area contributed by atoms with Crippen molar-refractivity contribution in [2.75, 3.05) is 12.3 Å². The molecule has 0 radical (unpaired) electrons. The van der Waals surface area contributed by atoms with E-state index in [0.717, 1.165) is 35.5 Å². The van der Waals surface area contributed by atoms with Gasteiger partial charge in [-0.05, 0) is 37.3 Å². The molecule has 2 aromatic rings. The molecule has 0 spiro atoms. The number of carbonyl (C=O) groups excluding carboxylic acids is 1. The summed E-state index contributed by atoms with van der Waals surface area (Å²) < 4.78 is 39.6. The number of nitrogens with zero attached hydrogens (tertiary/aromatic N) is 3. The van der Waals surface area contributed by atoms with Crippen LogP contribution in [0.15, 0.2) is 28.6 Å². The lowest BCUT2D eigenvalue weighted by molar-refractivity contribution is -0.138. The third-order valence-electron chi connectivity index (χ3n) is 4.31. The van der Waals surface area contributed by atoms with Crippen molar-refractivity contribution in [3.63, 3.8) is 0 Å². The molecule has 1 saturated heterocycles. The van der Waals surface area contributed by atoms with Crippen LogP contribution >= 0.6 is 23.1 Å². The summed E-state index contributed by atoms with van der Waals surface area (Å²) >= 11 is 2.48. The van der Waals surface area contributed by atoms with E-state index in [4.69, 9.17) is 0 Å². The van der Waals surface area contributed by atoms with Gasteiger partial charge < -0.3 is 4.90 Å². The maximum absolute atomic E-state index is 13.2. The Morgan fingerprint density at radius 2 is 2.30 bits per heavy atom. The maximum Gasteiger partial charge on any atom is 0.417 e. The van der Waals surface area contributed by atoms with Crippen molar-refractivity contribution in [3.05, 3.63) is 45.3 Å². The van der Waals surface area contributed by atoms with Crippen LogP contribution in [0.3, 0.4) is 0 Å². The molecule has 0 aromatic carbocycles. The van der Waals surface area contributed by atoms with Gasteiger partial charge in [0.25, 0.3) is 0 Å². The standard InChI is InChI=1S/C18H16F3N3OS2/c1-11-8-13(18(19,20)21)12(9-22)17(23-11)27-10-16(25)24-6-2-4-14(24)15-5-3-7-26-15/h3,5,7-8,14H,2,4,6,10H2,1H3/t14-/m0/s1. The van der Waals surface area contributed by atoms with Crippen LogP contribution in [0.2, 0.25) is 0 Å². The molecule has 142 valence electrons. The van der Waals surface area contributed by atoms with Gasteiger partial charge in [-0.25, -0.2) is 4.98 Å². The number of thioether (sulfide) groups is 1. The Kier molecular flexibility index (Phi) is 5.77. The molecule has 0 unspecified atom stereocenters. The Hall–Kier alpha value is -2.05. The number of thiophene rings is 1. The number of rotatable bonds is 4. The predicted octanol–water partition coefficient (Wildman–Crippen LogP) is 4.80. The first-order valence-corrected chi connectivity index (χ1v) is 10.1. The van der Waals surface area contributed by atoms with E-state index in [-0.39, 0.29) is 28.4 Å². The Balaban J connectivity index is 1.78. The quantitative estimate of drug-likeness (QED) is 0.679. The number of alkyl halides is 3. The predicted molar refractivity (Wildman–Crippen MR) is 97.4 cm³/mol. The van der Waals surface area contributed by atoms with Gasteiger partial charge in [0, 0.05) is 17.1 Å². The monoisotopic (exact) mass is 411 g/mol. The second-order valence-electron chi connectivity index (χ2n) is 6.15. The van der Waals surface area contributed by atoms with Crippen molar-refractivity contribution in [3.8, 4) is 6.07 Å². The first-order valence-electron chi connectivity index (χ1n) is 8.26. The lowest BCUT2D eigenvalue weighted by Gasteiger charge is -2.24. The summed E-state index contributed by atoms with van der Waals surface area (Å²) in [5.74, 6) is -0.207. The molecule has 4 nitrogen and oxygen atoms in total. The minimum absolute atomic E-state index is 0.0183. The minimum atomic E-state index is -4.64. The fourth-order valence-corrected chi connectivity index (χ4v) is 4.94. The molecular formula is C18H16F3N3OS2. The highest BCUT2D eigenvalue weighted by molar-refractivity contribution is 8.00. The Bertz CT molecular complexity index is 875. The van der Waals surface area contributed by atoms with Gasteiger partial charge in [0.2, 0.25) is 5.91 Å². The zero-order valence-corrected chi connectivity index (χ0v) is 16.0. The number of amides is 1. The van der Waals surface area contributed by atoms with E-state index >= 15 is 0 Å². The summed E-state index contributed by atoms with van der Waals surface area (Å²) in [6, 6.07) is 6.39. The fourth-order valence-electron chi connectivity index (χ4n) is 3.14. The smallest absolute Gasteiger partial charge is 0.334 e. The van der Waals surface area contributed by atoms with Crippen LogP contribution in [0.25, 0.3) is 0 Å². The lowest BCUT2D eigenvalue weighted by Crippen LogP contribution is -2.31. The number of aromatic nitrogens is 1. The number of carbonyl (C=O) groups is 1. The third-order valence-corrected chi connectivity index (χ3v) is 6.24. The third kappa shape index (κ3) is 4.28. The van der Waals surface area contributed by atoms with E-state index in [1.165, 1.54) is 6.92 Å². The minimum Gasteiger partial charge on any atom is -0.334 e. The summed E-state index contributed by atoms with van der Waals surface area (Å²) in [7, 11) is 0. The highest BCUT2D eigenvalue weighted by Gasteiger charge is 2.36. The zero-order chi connectivity index (χ0) is 19.6. The number of hydrogen-bond acceptors (Lipinski definition) is 5. The Morgan fingerprint density at radius 1 is 1.52 bits per heavy atom. The molecular weight excluding hydrogens is 395 g/mol. The number of likely N-dealkylation sites (tertiary alicyclic amines) is 1. The van der Waals surface area contributed by atoms with Crippen LogP contribution in [-0.2, 0) is 11.0 Å². The van der Waals surface area contributed by atoms with Crippen molar-refractivity contribution in [1.82, 2.24) is 9.88 Å². The van der Waals surface area contributed by atoms with E-state index < -0.39 is 17.3 Å². The van der Waals surface area contributed by atoms with E-state index in [0.29, 0.717) is 6.54 Å². The van der Waals surface area contributed by atoms with Crippen molar-refractivity contribution in [2.45, 2.75) is 37.0 Å². The van der Waals surface area contributed by atoms with Gasteiger partial charge >= 0.3 is 6.18 Å². The highest BCUT2D eigenvalue weighted by atomic mass is 32.2. The van der Waals surface area contributed by atoms with Gasteiger partial charge in [-0.3, -0.25) is 4.79 Å². The van der Waals surface area contributed by atoms with Crippen molar-refractivity contribution in [1.29, 1.82) is 5.26 Å². The van der Waals surface area contributed by atoms with Crippen LogP contribution in [0.1, 0.15) is 40.6 Å². The molecule has 1 fully saturated rings. The molecule has 27 heavy (non-hydrogen) atoms. The van der Waals surface area contributed by atoms with Gasteiger partial charge in [-0.1, -0.05) is 17.8 Å². The first-order chi connectivity index (χ1) is 12.8. The van der Waals surface area contributed by atoms with E-state index in [9.17, 15) is 23.2 Å². The molecule has 3 rings (SSSR count). The molecule has 0 N–H and O–H groups in total. The number of halogens is 3. The SMILES string of the molecule is Cc1cc(C(F)(F)F)c(C#N)c(SCC(=O)N2CCC[C@H]2c2cccs2)n1. The molecule has 1 aliphatic rings. The number of nitriles is 1. The maximum atomic E-state index is 13.2. The van der Waals surface area contributed by atoms with E-state index in [1.54, 1.807) is 22.3 Å². The summed E-state index contributed by atoms with van der Waals surface area (Å²) in [6.45, 7) is 2.07. The van der Waals surface area contributed by atoms with Gasteiger partial charge in [0.15, 0.2) is 0 Å². The topological polar surface area (TPSA) is 57.0 Å². The number of pyridine rings is 1. The molecule has 1 atom stereocenters. The summed E-state index contributed by atoms with van der Waals surface area (Å²) in [6.07, 6.45) is -2.87. The van der Waals surface area contributed by atoms with E-state index in [1.807, 2.05) is 17.5 Å². The lowest BCUT2D eigenvalue weighted by atomic mass is 10.1. The Morgan fingerprint density at radius 3 is 2.93 bits per heavy atom. The molecule has 1 amide bonds. The molecule has 9 heteroatoms. The van der Waals surface area contributed by atoms with Crippen LogP contribution < -0.4 is 0 Å². The van der Waals surface area contributed by atoms with E-state index in [2.05, 4.69) is 4.98 Å². The summed E-state index contributed by atoms with van der Waals surface area (Å²) in [4.78, 5) is 19.6. The summed E-state index contributed by atoms with van der Waals surface area (Å²) in [5.41, 5.74) is -1.37. The van der Waals surface area contributed by atoms with Gasteiger partial charge in [-0.15, -0.1) is 11.3 Å². The van der Waals surface area contributed by atoms with Crippen LogP contribution in [0.5, 0.6) is 0 Å². The number of aryl methyl sites for hydroxylation is 1. The molecule has 0 saturated carbocycles. The average Bonchev–Trinajstić information content (AvgIpc) is 3.29. The van der Waals surface area contributed by atoms with Crippen LogP contribution in [0, 0.1) is 18.3 Å². The molecule has 3 heterocycles. The largest absolute Gasteiger partial charge is 0.417 e. The molecule has 0 aliphatic carbocycles. The van der Waals surface area contributed by atoms with Crippen molar-refractivity contribution in [2.24, 2.45) is 0 Å². The Labute approximate surface area is 163 Å². The first kappa shape index (κ1) is 19.7. The summed E-state index contributed by atoms with van der Waals surface area (Å²) in [5, 5.41) is 11.1. The van der Waals surface area contributed by atoms with Crippen LogP contribution in [0.4, 0.5) is 13.2 Å². The van der Waals surface area contributed by atoms with Crippen LogP contribution in [-0.4, -0.2) is 28.1 Å². The normalized spacial score (nSPS) is 17.1. The van der Waals surface area contributed by atoms with Crippen molar-refractivity contribution < 1.29 is 18.0 Å². The highest BCUT2D eigenvalue weighted by Crippen LogP contribution is 2.37. The zero-order valence-electron chi connectivity index (χ0n) is 14.4. The molecule has 1 aliphatic heterocycles. The second kappa shape index (κ2) is 7.90. The second-order valence-corrected chi connectivity index (χ2v) is 8.09. The molecule has 2 aromatic heterocycles. The fraction of sp³-hybridized carbons (Fsp3) is 0.389. The molecule has 0 bridgehead atoms. The van der Waals surface area contributed by atoms with Gasteiger partial charge in [-0.2, -0.15) is 18.4 Å². The van der Waals surface area contributed by atoms with Gasteiger partial charge in [0.05, 0.1) is 22.9 Å². The van der Waals surface area contributed by atoms with Crippen molar-refractivity contribution >= 4 is 29.0 Å².